The highest BCUT2D eigenvalue weighted by Gasteiger charge is 2.27. The summed E-state index contributed by atoms with van der Waals surface area (Å²) in [5, 5.41) is 4.72. The Morgan fingerprint density at radius 3 is 2.76 bits per heavy atom. The lowest BCUT2D eigenvalue weighted by molar-refractivity contribution is -0.133. The number of carbonyl (C=O) groups is 3. The maximum absolute atomic E-state index is 12.5. The zero-order valence-corrected chi connectivity index (χ0v) is 18.7. The zero-order valence-electron chi connectivity index (χ0n) is 17.9. The summed E-state index contributed by atoms with van der Waals surface area (Å²) in [6.45, 7) is 8.03. The second-order valence-electron chi connectivity index (χ2n) is 8.55. The largest absolute Gasteiger partial charge is 0.444 e. The number of ether oxygens (including phenoxy) is 1. The lowest BCUT2D eigenvalue weighted by Gasteiger charge is -2.35. The van der Waals surface area contributed by atoms with Gasteiger partial charge in [-0.3, -0.25) is 9.59 Å². The molecule has 1 N–H and O–H groups in total. The minimum atomic E-state index is -0.515. The predicted molar refractivity (Wildman–Crippen MR) is 114 cm³/mol. The molecule has 1 aromatic rings. The van der Waals surface area contributed by atoms with Crippen molar-refractivity contribution < 1.29 is 19.1 Å². The van der Waals surface area contributed by atoms with Crippen LogP contribution in [0, 0.1) is 5.92 Å². The van der Waals surface area contributed by atoms with Crippen molar-refractivity contribution in [3.63, 3.8) is 0 Å². The summed E-state index contributed by atoms with van der Waals surface area (Å²) in [5.41, 5.74) is -0.515. The van der Waals surface area contributed by atoms with Crippen LogP contribution in [-0.2, 0) is 9.53 Å². The fraction of sp³-hybridized carbons (Fsp3) is 0.667. The molecule has 0 radical (unpaired) electrons. The highest BCUT2D eigenvalue weighted by Crippen LogP contribution is 2.19. The maximum atomic E-state index is 12.5. The zero-order chi connectivity index (χ0) is 21.4. The maximum Gasteiger partial charge on any atom is 0.410 e. The number of likely N-dealkylation sites (tertiary alicyclic amines) is 1. The van der Waals surface area contributed by atoms with Gasteiger partial charge in [0.15, 0.2) is 0 Å². The summed E-state index contributed by atoms with van der Waals surface area (Å²) in [7, 11) is 1.74. The SMILES string of the molecule is CN(CC1CCCN(C(=O)CCCNC(=O)c2cccs2)C1)C(=O)OC(C)(C)C. The lowest BCUT2D eigenvalue weighted by Crippen LogP contribution is -2.45. The van der Waals surface area contributed by atoms with Gasteiger partial charge in [0, 0.05) is 39.6 Å². The lowest BCUT2D eigenvalue weighted by atomic mass is 9.97. The Bertz CT molecular complexity index is 685. The number of piperidine rings is 1. The molecule has 8 heteroatoms. The standard InChI is InChI=1S/C21H33N3O4S/c1-21(2,3)28-20(27)23(4)14-16-8-6-12-24(15-16)18(25)10-5-11-22-19(26)17-9-7-13-29-17/h7,9,13,16H,5-6,8,10-12,14-15H2,1-4H3,(H,22,26). The van der Waals surface area contributed by atoms with Gasteiger partial charge < -0.3 is 19.9 Å². The van der Waals surface area contributed by atoms with Crippen LogP contribution in [0.2, 0.25) is 0 Å². The smallest absolute Gasteiger partial charge is 0.410 e. The van der Waals surface area contributed by atoms with Crippen molar-refractivity contribution in [2.24, 2.45) is 5.92 Å². The van der Waals surface area contributed by atoms with Gasteiger partial charge in [-0.15, -0.1) is 11.3 Å². The van der Waals surface area contributed by atoms with E-state index in [1.165, 1.54) is 11.3 Å². The number of nitrogens with zero attached hydrogens (tertiary/aromatic N) is 2. The van der Waals surface area contributed by atoms with Crippen molar-refractivity contribution in [3.05, 3.63) is 22.4 Å². The summed E-state index contributed by atoms with van der Waals surface area (Å²) >= 11 is 1.40. The van der Waals surface area contributed by atoms with Crippen LogP contribution >= 0.6 is 11.3 Å². The molecular formula is C21H33N3O4S. The fourth-order valence-corrected chi connectivity index (χ4v) is 3.98. The van der Waals surface area contributed by atoms with Gasteiger partial charge in [-0.25, -0.2) is 4.79 Å². The van der Waals surface area contributed by atoms with Gasteiger partial charge in [-0.2, -0.15) is 0 Å². The first kappa shape index (κ1) is 23.2. The first-order valence-corrected chi connectivity index (χ1v) is 11.1. The molecule has 0 saturated carbocycles. The van der Waals surface area contributed by atoms with E-state index in [2.05, 4.69) is 5.32 Å². The summed E-state index contributed by atoms with van der Waals surface area (Å²) in [6.07, 6.45) is 2.64. The molecule has 0 bridgehead atoms. The Hall–Kier alpha value is -2.09. The van der Waals surface area contributed by atoms with Crippen LogP contribution in [-0.4, -0.2) is 66.5 Å². The molecule has 0 spiro atoms. The van der Waals surface area contributed by atoms with Crippen molar-refractivity contribution in [2.75, 3.05) is 33.2 Å². The summed E-state index contributed by atoms with van der Waals surface area (Å²) in [4.78, 5) is 40.8. The summed E-state index contributed by atoms with van der Waals surface area (Å²) in [6, 6.07) is 3.63. The quantitative estimate of drug-likeness (QED) is 0.682. The van der Waals surface area contributed by atoms with Crippen LogP contribution in [0.3, 0.4) is 0 Å². The van der Waals surface area contributed by atoms with E-state index >= 15 is 0 Å². The normalized spacial score (nSPS) is 17.0. The summed E-state index contributed by atoms with van der Waals surface area (Å²) < 4.78 is 5.40. The van der Waals surface area contributed by atoms with Gasteiger partial charge in [-0.05, 0) is 57.4 Å². The molecule has 1 saturated heterocycles. The second-order valence-corrected chi connectivity index (χ2v) is 9.49. The van der Waals surface area contributed by atoms with Crippen molar-refractivity contribution >= 4 is 29.2 Å². The van der Waals surface area contributed by atoms with E-state index in [0.29, 0.717) is 37.4 Å². The Morgan fingerprint density at radius 1 is 1.34 bits per heavy atom. The van der Waals surface area contributed by atoms with Crippen molar-refractivity contribution in [2.45, 2.75) is 52.1 Å². The summed E-state index contributed by atoms with van der Waals surface area (Å²) in [5.74, 6) is 0.277. The van der Waals surface area contributed by atoms with E-state index < -0.39 is 5.60 Å². The number of hydrogen-bond acceptors (Lipinski definition) is 5. The van der Waals surface area contributed by atoms with E-state index in [1.807, 2.05) is 37.1 Å². The van der Waals surface area contributed by atoms with Gasteiger partial charge in [0.2, 0.25) is 5.91 Å². The van der Waals surface area contributed by atoms with Gasteiger partial charge in [0.25, 0.3) is 5.91 Å². The van der Waals surface area contributed by atoms with Crippen LogP contribution in [0.25, 0.3) is 0 Å². The molecule has 1 fully saturated rings. The van der Waals surface area contributed by atoms with E-state index in [1.54, 1.807) is 18.0 Å². The van der Waals surface area contributed by atoms with Gasteiger partial charge in [-0.1, -0.05) is 6.07 Å². The average Bonchev–Trinajstić information content (AvgIpc) is 3.18. The van der Waals surface area contributed by atoms with E-state index in [4.69, 9.17) is 4.74 Å². The Labute approximate surface area is 177 Å². The minimum Gasteiger partial charge on any atom is -0.444 e. The third-order valence-corrected chi connectivity index (χ3v) is 5.58. The van der Waals surface area contributed by atoms with Crippen LogP contribution in [0.1, 0.15) is 56.1 Å². The van der Waals surface area contributed by atoms with Crippen LogP contribution < -0.4 is 5.32 Å². The number of rotatable bonds is 7. The van der Waals surface area contributed by atoms with Gasteiger partial charge >= 0.3 is 6.09 Å². The van der Waals surface area contributed by atoms with Crippen molar-refractivity contribution in [3.8, 4) is 0 Å². The van der Waals surface area contributed by atoms with Crippen LogP contribution in [0.4, 0.5) is 4.79 Å². The van der Waals surface area contributed by atoms with Gasteiger partial charge in [0.1, 0.15) is 5.60 Å². The molecule has 2 heterocycles. The molecule has 1 aliphatic rings. The minimum absolute atomic E-state index is 0.0873. The second kappa shape index (κ2) is 10.6. The third-order valence-electron chi connectivity index (χ3n) is 4.71. The molecule has 0 aliphatic carbocycles. The third kappa shape index (κ3) is 8.04. The van der Waals surface area contributed by atoms with E-state index in [-0.39, 0.29) is 23.8 Å². The molecule has 0 aromatic carbocycles. The molecule has 3 amide bonds. The Kier molecular flexibility index (Phi) is 8.49. The highest BCUT2D eigenvalue weighted by molar-refractivity contribution is 7.12. The molecule has 1 unspecified atom stereocenters. The molecule has 2 rings (SSSR count). The van der Waals surface area contributed by atoms with Crippen LogP contribution in [0.15, 0.2) is 17.5 Å². The molecular weight excluding hydrogens is 390 g/mol. The number of nitrogens with one attached hydrogen (secondary N) is 1. The number of carbonyl (C=O) groups excluding carboxylic acids is 3. The number of thiophene rings is 1. The van der Waals surface area contributed by atoms with Crippen LogP contribution in [0.5, 0.6) is 0 Å². The van der Waals surface area contributed by atoms with Crippen molar-refractivity contribution in [1.29, 1.82) is 0 Å². The topological polar surface area (TPSA) is 79.0 Å². The molecule has 1 aromatic heterocycles. The molecule has 162 valence electrons. The van der Waals surface area contributed by atoms with Crippen molar-refractivity contribution in [1.82, 2.24) is 15.1 Å². The molecule has 1 aliphatic heterocycles. The Balaban J connectivity index is 1.70. The monoisotopic (exact) mass is 423 g/mol. The predicted octanol–water partition coefficient (Wildman–Crippen LogP) is 3.36. The first-order valence-electron chi connectivity index (χ1n) is 10.2. The van der Waals surface area contributed by atoms with Gasteiger partial charge in [0.05, 0.1) is 4.88 Å². The average molecular weight is 424 g/mol. The molecule has 7 nitrogen and oxygen atoms in total. The molecule has 29 heavy (non-hydrogen) atoms. The first-order chi connectivity index (χ1) is 13.7. The fourth-order valence-electron chi connectivity index (χ4n) is 3.34. The Morgan fingerprint density at radius 2 is 2.10 bits per heavy atom. The number of hydrogen-bond donors (Lipinski definition) is 1. The number of amides is 3. The highest BCUT2D eigenvalue weighted by atomic mass is 32.1. The molecule has 1 atom stereocenters. The van der Waals surface area contributed by atoms with E-state index in [9.17, 15) is 14.4 Å². The van der Waals surface area contributed by atoms with E-state index in [0.717, 1.165) is 19.4 Å².